The highest BCUT2D eigenvalue weighted by Gasteiger charge is 2.38. The van der Waals surface area contributed by atoms with E-state index in [1.165, 1.54) is 16.2 Å². The summed E-state index contributed by atoms with van der Waals surface area (Å²) in [7, 11) is 0. The van der Waals surface area contributed by atoms with Crippen LogP contribution in [0.5, 0.6) is 0 Å². The summed E-state index contributed by atoms with van der Waals surface area (Å²) in [5, 5.41) is 2.62. The summed E-state index contributed by atoms with van der Waals surface area (Å²) < 4.78 is 37.9. The van der Waals surface area contributed by atoms with Crippen LogP contribution in [0.2, 0.25) is 0 Å². The molecule has 0 bridgehead atoms. The van der Waals surface area contributed by atoms with E-state index in [1.54, 1.807) is 0 Å². The van der Waals surface area contributed by atoms with Gasteiger partial charge in [-0.3, -0.25) is 4.90 Å². The molecule has 3 rings (SSSR count). The molecule has 2 aromatic rings. The fourth-order valence-electron chi connectivity index (χ4n) is 2.25. The first kappa shape index (κ1) is 14.5. The lowest BCUT2D eigenvalue weighted by Gasteiger charge is -2.22. The van der Waals surface area contributed by atoms with Crippen molar-refractivity contribution >= 4 is 27.4 Å². The maximum Gasteiger partial charge on any atom is 0.401 e. The third-order valence-electron chi connectivity index (χ3n) is 3.30. The van der Waals surface area contributed by atoms with E-state index in [0.717, 1.165) is 23.1 Å². The number of thiophene rings is 1. The van der Waals surface area contributed by atoms with Crippen LogP contribution in [-0.2, 0) is 6.54 Å². The van der Waals surface area contributed by atoms with Crippen molar-refractivity contribution < 1.29 is 13.2 Å². The molecule has 0 spiro atoms. The summed E-state index contributed by atoms with van der Waals surface area (Å²) in [6.45, 7) is -0.860. The van der Waals surface area contributed by atoms with Gasteiger partial charge in [0, 0.05) is 6.04 Å². The highest BCUT2D eigenvalue weighted by atomic mass is 32.1. The molecule has 9 heteroatoms. The summed E-state index contributed by atoms with van der Waals surface area (Å²) in [6.07, 6.45) is -2.64. The van der Waals surface area contributed by atoms with Crippen LogP contribution in [0.25, 0.3) is 10.2 Å². The standard InChI is InChI=1S/C12H14F3N5S/c13-12(14,15)6-20(7-1-2-7)5-9-17-10(19-16)8-3-4-21-11(8)18-9/h3-4,7H,1-2,5-6,16H2,(H,17,18,19). The second-order valence-corrected chi connectivity index (χ2v) is 5.92. The Hall–Kier alpha value is -1.45. The molecule has 0 amide bonds. The maximum absolute atomic E-state index is 12.6. The summed E-state index contributed by atoms with van der Waals surface area (Å²) in [4.78, 5) is 10.7. The summed E-state index contributed by atoms with van der Waals surface area (Å²) in [6, 6.07) is 1.80. The molecule has 21 heavy (non-hydrogen) atoms. The Morgan fingerprint density at radius 2 is 2.14 bits per heavy atom. The number of hydrogen-bond acceptors (Lipinski definition) is 6. The molecule has 114 valence electrons. The Labute approximate surface area is 122 Å². The lowest BCUT2D eigenvalue weighted by molar-refractivity contribution is -0.148. The first-order chi connectivity index (χ1) is 9.96. The average molecular weight is 317 g/mol. The van der Waals surface area contributed by atoms with Crippen LogP contribution >= 0.6 is 11.3 Å². The third-order valence-corrected chi connectivity index (χ3v) is 4.10. The predicted molar refractivity (Wildman–Crippen MR) is 74.7 cm³/mol. The number of hydrogen-bond donors (Lipinski definition) is 2. The van der Waals surface area contributed by atoms with Crippen molar-refractivity contribution in [3.8, 4) is 0 Å². The molecule has 2 heterocycles. The Kier molecular flexibility index (Phi) is 3.72. The van der Waals surface area contributed by atoms with Crippen LogP contribution in [0.15, 0.2) is 11.4 Å². The molecule has 1 fully saturated rings. The van der Waals surface area contributed by atoms with Crippen molar-refractivity contribution in [2.24, 2.45) is 5.84 Å². The molecule has 1 saturated carbocycles. The van der Waals surface area contributed by atoms with E-state index < -0.39 is 12.7 Å². The minimum Gasteiger partial charge on any atom is -0.308 e. The lowest BCUT2D eigenvalue weighted by Crippen LogP contribution is -2.36. The zero-order valence-corrected chi connectivity index (χ0v) is 11.8. The largest absolute Gasteiger partial charge is 0.401 e. The minimum atomic E-state index is -4.22. The third kappa shape index (κ3) is 3.42. The van der Waals surface area contributed by atoms with Gasteiger partial charge in [0.2, 0.25) is 0 Å². The Balaban J connectivity index is 1.85. The Bertz CT molecular complexity index is 637. The molecule has 5 nitrogen and oxygen atoms in total. The molecule has 0 unspecified atom stereocenters. The number of fused-ring (bicyclic) bond motifs is 1. The number of hydrazine groups is 1. The van der Waals surface area contributed by atoms with Crippen molar-refractivity contribution in [3.63, 3.8) is 0 Å². The quantitative estimate of drug-likeness (QED) is 0.655. The summed E-state index contributed by atoms with van der Waals surface area (Å²) in [5.74, 6) is 6.22. The number of alkyl halides is 3. The van der Waals surface area contributed by atoms with Crippen molar-refractivity contribution in [1.29, 1.82) is 0 Å². The highest BCUT2D eigenvalue weighted by molar-refractivity contribution is 7.16. The first-order valence-corrected chi connectivity index (χ1v) is 7.36. The van der Waals surface area contributed by atoms with Crippen molar-refractivity contribution in [2.45, 2.75) is 31.6 Å². The molecule has 0 aromatic carbocycles. The highest BCUT2D eigenvalue weighted by Crippen LogP contribution is 2.32. The van der Waals surface area contributed by atoms with Gasteiger partial charge < -0.3 is 5.43 Å². The molecule has 0 atom stereocenters. The number of anilines is 1. The van der Waals surface area contributed by atoms with Gasteiger partial charge in [0.25, 0.3) is 0 Å². The molecule has 3 N–H and O–H groups in total. The van der Waals surface area contributed by atoms with Crippen LogP contribution < -0.4 is 11.3 Å². The Morgan fingerprint density at radius 1 is 1.38 bits per heavy atom. The van der Waals surface area contributed by atoms with Gasteiger partial charge in [-0.15, -0.1) is 11.3 Å². The fraction of sp³-hybridized carbons (Fsp3) is 0.500. The summed E-state index contributed by atoms with van der Waals surface area (Å²) in [5.41, 5.74) is 2.48. The first-order valence-electron chi connectivity index (χ1n) is 6.48. The van der Waals surface area contributed by atoms with Gasteiger partial charge >= 0.3 is 6.18 Å². The Morgan fingerprint density at radius 3 is 2.76 bits per heavy atom. The van der Waals surface area contributed by atoms with Crippen molar-refractivity contribution in [2.75, 3.05) is 12.0 Å². The molecule has 1 aliphatic carbocycles. The smallest absolute Gasteiger partial charge is 0.308 e. The fourth-order valence-corrected chi connectivity index (χ4v) is 3.03. The lowest BCUT2D eigenvalue weighted by atomic mass is 10.3. The predicted octanol–water partition coefficient (Wildman–Crippen LogP) is 2.50. The van der Waals surface area contributed by atoms with Gasteiger partial charge in [0.15, 0.2) is 5.82 Å². The van der Waals surface area contributed by atoms with Crippen molar-refractivity contribution in [3.05, 3.63) is 17.3 Å². The topological polar surface area (TPSA) is 67.1 Å². The molecular weight excluding hydrogens is 303 g/mol. The van der Waals surface area contributed by atoms with Gasteiger partial charge in [-0.25, -0.2) is 15.8 Å². The average Bonchev–Trinajstić information content (AvgIpc) is 3.14. The zero-order chi connectivity index (χ0) is 15.0. The van der Waals surface area contributed by atoms with Crippen LogP contribution in [0.3, 0.4) is 0 Å². The minimum absolute atomic E-state index is 0.0245. The monoisotopic (exact) mass is 317 g/mol. The second kappa shape index (κ2) is 5.39. The second-order valence-electron chi connectivity index (χ2n) is 5.02. The number of nitrogens with two attached hydrogens (primary N) is 1. The SMILES string of the molecule is NNc1nc(CN(CC(F)(F)F)C2CC2)nc2sccc12. The molecule has 0 aliphatic heterocycles. The number of aromatic nitrogens is 2. The van der Waals surface area contributed by atoms with Gasteiger partial charge in [-0.1, -0.05) is 0 Å². The van der Waals surface area contributed by atoms with Gasteiger partial charge in [0.05, 0.1) is 18.5 Å². The number of nitrogens with zero attached hydrogens (tertiary/aromatic N) is 3. The van der Waals surface area contributed by atoms with E-state index in [9.17, 15) is 13.2 Å². The number of halogens is 3. The molecule has 0 saturated heterocycles. The van der Waals surface area contributed by atoms with Crippen LogP contribution in [-0.4, -0.2) is 33.6 Å². The number of rotatable bonds is 5. The van der Waals surface area contributed by atoms with E-state index in [0.29, 0.717) is 11.6 Å². The van der Waals surface area contributed by atoms with Gasteiger partial charge in [-0.2, -0.15) is 13.2 Å². The van der Waals surface area contributed by atoms with E-state index in [2.05, 4.69) is 15.4 Å². The van der Waals surface area contributed by atoms with Crippen LogP contribution in [0.4, 0.5) is 19.0 Å². The van der Waals surface area contributed by atoms with Crippen LogP contribution in [0, 0.1) is 0 Å². The van der Waals surface area contributed by atoms with E-state index in [-0.39, 0.29) is 12.6 Å². The van der Waals surface area contributed by atoms with E-state index in [4.69, 9.17) is 5.84 Å². The molecule has 0 radical (unpaired) electrons. The van der Waals surface area contributed by atoms with E-state index >= 15 is 0 Å². The van der Waals surface area contributed by atoms with Crippen LogP contribution in [0.1, 0.15) is 18.7 Å². The molecule has 1 aliphatic rings. The van der Waals surface area contributed by atoms with Crippen molar-refractivity contribution in [1.82, 2.24) is 14.9 Å². The molecule has 2 aromatic heterocycles. The van der Waals surface area contributed by atoms with E-state index in [1.807, 2.05) is 11.4 Å². The van der Waals surface area contributed by atoms with Gasteiger partial charge in [0.1, 0.15) is 10.7 Å². The number of nitrogen functional groups attached to an aromatic ring is 1. The normalized spacial score (nSPS) is 15.9. The zero-order valence-electron chi connectivity index (χ0n) is 11.0. The maximum atomic E-state index is 12.6. The molecular formula is C12H14F3N5S. The summed E-state index contributed by atoms with van der Waals surface area (Å²) >= 11 is 1.41. The number of nitrogens with one attached hydrogen (secondary N) is 1. The van der Waals surface area contributed by atoms with Gasteiger partial charge in [-0.05, 0) is 24.3 Å².